The van der Waals surface area contributed by atoms with Crippen LogP contribution in [-0.4, -0.2) is 80.7 Å². The van der Waals surface area contributed by atoms with Crippen molar-refractivity contribution in [3.05, 3.63) is 107 Å². The first-order valence-electron chi connectivity index (χ1n) is 18.7. The predicted octanol–water partition coefficient (Wildman–Crippen LogP) is 7.87. The van der Waals surface area contributed by atoms with E-state index in [1.54, 1.807) is 55.4 Å². The highest BCUT2D eigenvalue weighted by Gasteiger charge is 2.35. The Morgan fingerprint density at radius 1 is 0.607 bits per heavy atom. The largest absolute Gasteiger partial charge is 0.497 e. The molecule has 8 rings (SSSR count). The normalized spacial score (nSPS) is 17.9. The fourth-order valence-electron chi connectivity index (χ4n) is 7.39. The van der Waals surface area contributed by atoms with Crippen molar-refractivity contribution in [1.82, 2.24) is 9.80 Å². The summed E-state index contributed by atoms with van der Waals surface area (Å²) in [5, 5.41) is 0. The Balaban J connectivity index is 0.849. The van der Waals surface area contributed by atoms with Crippen LogP contribution in [0.15, 0.2) is 95.2 Å². The van der Waals surface area contributed by atoms with Gasteiger partial charge in [-0.3, -0.25) is 19.6 Å². The second-order valence-electron chi connectivity index (χ2n) is 14.0. The second kappa shape index (κ2) is 15.7. The van der Waals surface area contributed by atoms with Gasteiger partial charge in [0.15, 0.2) is 23.0 Å². The van der Waals surface area contributed by atoms with Crippen molar-refractivity contribution in [2.45, 2.75) is 44.2 Å². The van der Waals surface area contributed by atoms with Crippen molar-refractivity contribution in [1.29, 1.82) is 0 Å². The molecule has 4 aromatic rings. The average Bonchev–Trinajstić information content (AvgIpc) is 3.80. The lowest BCUT2D eigenvalue weighted by Gasteiger charge is -2.19. The Morgan fingerprint density at radius 2 is 1.07 bits per heavy atom. The van der Waals surface area contributed by atoms with Crippen LogP contribution in [0.2, 0.25) is 0 Å². The summed E-state index contributed by atoms with van der Waals surface area (Å²) in [5.74, 6) is 2.52. The first-order chi connectivity index (χ1) is 27.3. The van der Waals surface area contributed by atoms with Crippen molar-refractivity contribution >= 4 is 52.5 Å². The average molecular weight is 754 g/mol. The maximum atomic E-state index is 13.7. The van der Waals surface area contributed by atoms with Gasteiger partial charge >= 0.3 is 0 Å². The summed E-state index contributed by atoms with van der Waals surface area (Å²) >= 11 is 0. The molecule has 0 saturated heterocycles. The molecule has 286 valence electrons. The molecule has 2 atom stereocenters. The monoisotopic (exact) mass is 753 g/mol. The van der Waals surface area contributed by atoms with E-state index in [0.717, 1.165) is 47.3 Å². The van der Waals surface area contributed by atoms with Crippen LogP contribution in [0.3, 0.4) is 0 Å². The molecular weight excluding hydrogens is 711 g/mol. The topological polar surface area (TPSA) is 138 Å². The second-order valence-corrected chi connectivity index (χ2v) is 14.0. The fraction of sp³-hybridized carbons (Fsp3) is 0.273. The molecule has 2 N–H and O–H groups in total. The van der Waals surface area contributed by atoms with Gasteiger partial charge in [-0.25, -0.2) is 0 Å². The lowest BCUT2D eigenvalue weighted by molar-refractivity contribution is 0.0809. The molecule has 0 fully saturated rings. The minimum Gasteiger partial charge on any atom is -0.497 e. The van der Waals surface area contributed by atoms with Gasteiger partial charge in [-0.15, -0.1) is 0 Å². The quantitative estimate of drug-likeness (QED) is 0.108. The maximum Gasteiger partial charge on any atom is 0.260 e. The highest BCUT2D eigenvalue weighted by atomic mass is 16.5. The third-order valence-electron chi connectivity index (χ3n) is 10.5. The van der Waals surface area contributed by atoms with Crippen molar-refractivity contribution in [2.24, 2.45) is 9.98 Å². The third-order valence-corrected chi connectivity index (χ3v) is 10.5. The Morgan fingerprint density at radius 3 is 1.52 bits per heavy atom. The van der Waals surface area contributed by atoms with Crippen molar-refractivity contribution in [3.63, 3.8) is 0 Å². The molecule has 4 aliphatic heterocycles. The van der Waals surface area contributed by atoms with Gasteiger partial charge < -0.3 is 39.2 Å². The lowest BCUT2D eigenvalue weighted by Crippen LogP contribution is -2.32. The first kappa shape index (κ1) is 36.4. The first-order valence-corrected chi connectivity index (χ1v) is 18.7. The number of nitrogen functional groups attached to an aromatic ring is 1. The van der Waals surface area contributed by atoms with E-state index in [9.17, 15) is 9.59 Å². The van der Waals surface area contributed by atoms with E-state index >= 15 is 0 Å². The molecule has 0 aliphatic carbocycles. The molecule has 0 saturated carbocycles. The summed E-state index contributed by atoms with van der Waals surface area (Å²) in [6, 6.07) is 22.1. The molecule has 4 aliphatic rings. The van der Waals surface area contributed by atoms with E-state index in [1.807, 2.05) is 73.4 Å². The van der Waals surface area contributed by atoms with Crippen molar-refractivity contribution in [3.8, 4) is 28.7 Å². The molecule has 2 amide bonds. The standard InChI is InChI=1S/C44H43N5O7/c1-52-34-13-9-28(10-14-34)30-18-33-24-47-38-22-42(40(54-3)20-36(38)44(51)49(33)26-30)56-16-6-4-5-15-55-41-21-37-35(19-39(41)53-2)43(50)48-25-29(17-32(48)23-46-37)27-7-11-31(45)12-8-27/h7-14,19-26,32-33H,4-6,15-18,45H2,1-3H3/t32-,33?/m0/s1. The summed E-state index contributed by atoms with van der Waals surface area (Å²) < 4.78 is 28.9. The SMILES string of the molecule is COc1ccc(C2=CN3C(=O)c4cc(OC)c(OCCCCCOc5cc6c(cc5OC)C(=O)N5C=C(c7ccc(N)cc7)C[C@H]5C=N6)cc4N=CC3C2)cc1. The van der Waals surface area contributed by atoms with Crippen LogP contribution in [0.4, 0.5) is 17.1 Å². The van der Waals surface area contributed by atoms with Crippen molar-refractivity contribution < 1.29 is 33.3 Å². The molecule has 12 nitrogen and oxygen atoms in total. The highest BCUT2D eigenvalue weighted by Crippen LogP contribution is 2.42. The zero-order valence-corrected chi connectivity index (χ0v) is 31.6. The fourth-order valence-corrected chi connectivity index (χ4v) is 7.39. The Kier molecular flexibility index (Phi) is 10.2. The van der Waals surface area contributed by atoms with Crippen LogP contribution in [-0.2, 0) is 0 Å². The summed E-state index contributed by atoms with van der Waals surface area (Å²) in [6.45, 7) is 0.890. The van der Waals surface area contributed by atoms with E-state index in [2.05, 4.69) is 0 Å². The predicted molar refractivity (Wildman–Crippen MR) is 216 cm³/mol. The van der Waals surface area contributed by atoms with Gasteiger partial charge in [-0.1, -0.05) is 24.3 Å². The summed E-state index contributed by atoms with van der Waals surface area (Å²) in [7, 11) is 4.76. The lowest BCUT2D eigenvalue weighted by atomic mass is 10.0. The summed E-state index contributed by atoms with van der Waals surface area (Å²) in [4.78, 5) is 40.3. The number of nitrogens with two attached hydrogens (primary N) is 1. The molecule has 0 spiro atoms. The Hall–Kier alpha value is -6.56. The van der Waals surface area contributed by atoms with E-state index < -0.39 is 0 Å². The molecule has 4 aromatic carbocycles. The number of carbonyl (C=O) groups is 2. The number of methoxy groups -OCH3 is 3. The minimum absolute atomic E-state index is 0.137. The minimum atomic E-state index is -0.185. The molecule has 1 unspecified atom stereocenters. The summed E-state index contributed by atoms with van der Waals surface area (Å²) in [6.07, 6.45) is 11.2. The molecule has 0 radical (unpaired) electrons. The molecule has 0 bridgehead atoms. The number of ether oxygens (including phenoxy) is 5. The number of amides is 2. The number of fused-ring (bicyclic) bond motifs is 4. The third kappa shape index (κ3) is 7.17. The molecular formula is C44H43N5O7. The van der Waals surface area contributed by atoms with Gasteiger partial charge in [0.05, 0.1) is 69.1 Å². The number of benzene rings is 4. The van der Waals surface area contributed by atoms with Gasteiger partial charge in [0.2, 0.25) is 0 Å². The van der Waals surface area contributed by atoms with Gasteiger partial charge in [0.1, 0.15) is 5.75 Å². The Labute approximate surface area is 325 Å². The summed E-state index contributed by atoms with van der Waals surface area (Å²) in [5.41, 5.74) is 12.8. The highest BCUT2D eigenvalue weighted by molar-refractivity contribution is 6.06. The number of aliphatic imine (C=N–C) groups is 2. The smallest absolute Gasteiger partial charge is 0.260 e. The van der Waals surface area contributed by atoms with Gasteiger partial charge in [0.25, 0.3) is 11.8 Å². The van der Waals surface area contributed by atoms with Gasteiger partial charge in [-0.2, -0.15) is 0 Å². The van der Waals surface area contributed by atoms with Crippen LogP contribution in [0.5, 0.6) is 28.7 Å². The maximum absolute atomic E-state index is 13.7. The van der Waals surface area contributed by atoms with Crippen LogP contribution < -0.4 is 29.4 Å². The zero-order chi connectivity index (χ0) is 38.8. The van der Waals surface area contributed by atoms with E-state index in [-0.39, 0.29) is 23.9 Å². The molecule has 4 heterocycles. The number of unbranched alkanes of at least 4 members (excludes halogenated alkanes) is 2. The number of hydrogen-bond acceptors (Lipinski definition) is 10. The van der Waals surface area contributed by atoms with Gasteiger partial charge in [0, 0.05) is 55.5 Å². The van der Waals surface area contributed by atoms with E-state index in [1.165, 1.54) is 0 Å². The Bertz CT molecular complexity index is 2280. The van der Waals surface area contributed by atoms with Gasteiger partial charge in [-0.05, 0) is 77.9 Å². The van der Waals surface area contributed by atoms with Crippen LogP contribution >= 0.6 is 0 Å². The number of hydrogen-bond donors (Lipinski definition) is 1. The van der Waals surface area contributed by atoms with E-state index in [0.29, 0.717) is 77.2 Å². The van der Waals surface area contributed by atoms with Crippen LogP contribution in [0.25, 0.3) is 11.1 Å². The molecule has 12 heteroatoms. The van der Waals surface area contributed by atoms with Crippen molar-refractivity contribution in [2.75, 3.05) is 40.3 Å². The number of rotatable bonds is 13. The molecule has 56 heavy (non-hydrogen) atoms. The van der Waals surface area contributed by atoms with E-state index in [4.69, 9.17) is 39.4 Å². The zero-order valence-electron chi connectivity index (χ0n) is 31.6. The number of nitrogens with zero attached hydrogens (tertiary/aromatic N) is 4. The number of anilines is 1. The van der Waals surface area contributed by atoms with Crippen LogP contribution in [0, 0.1) is 0 Å². The van der Waals surface area contributed by atoms with Crippen LogP contribution in [0.1, 0.15) is 63.9 Å². The molecule has 0 aromatic heterocycles. The number of carbonyl (C=O) groups excluding carboxylic acids is 2.